The summed E-state index contributed by atoms with van der Waals surface area (Å²) < 4.78 is 1.95. The second-order valence-electron chi connectivity index (χ2n) is 4.15. The Bertz CT molecular complexity index is 740. The molecule has 0 radical (unpaired) electrons. The number of carbonyl (C=O) groups is 1. The standard InChI is InChI=1S/C13H11N3O2/c1-16-11-3-2-10(18)4-8(11)5-12(16)13-9(7-17)6-14-15-13/h2-7,18H,1H3,(H,14,15). The van der Waals surface area contributed by atoms with E-state index in [0.29, 0.717) is 11.3 Å². The fraction of sp³-hybridized carbons (Fsp3) is 0.0769. The van der Waals surface area contributed by atoms with E-state index in [-0.39, 0.29) is 5.75 Å². The average molecular weight is 241 g/mol. The highest BCUT2D eigenvalue weighted by Gasteiger charge is 2.13. The molecule has 2 aromatic heterocycles. The van der Waals surface area contributed by atoms with Crippen LogP contribution in [0.2, 0.25) is 0 Å². The number of aromatic hydroxyl groups is 1. The third kappa shape index (κ3) is 1.41. The van der Waals surface area contributed by atoms with Crippen LogP contribution < -0.4 is 0 Å². The van der Waals surface area contributed by atoms with Gasteiger partial charge in [0.25, 0.3) is 0 Å². The van der Waals surface area contributed by atoms with E-state index < -0.39 is 0 Å². The summed E-state index contributed by atoms with van der Waals surface area (Å²) in [6.07, 6.45) is 2.27. The first-order chi connectivity index (χ1) is 8.70. The average Bonchev–Trinajstić information content (AvgIpc) is 2.93. The molecule has 0 aliphatic rings. The Labute approximate surface area is 103 Å². The van der Waals surface area contributed by atoms with E-state index in [2.05, 4.69) is 10.2 Å². The topological polar surface area (TPSA) is 70.9 Å². The van der Waals surface area contributed by atoms with Crippen LogP contribution in [0.4, 0.5) is 0 Å². The highest BCUT2D eigenvalue weighted by atomic mass is 16.3. The number of nitrogens with zero attached hydrogens (tertiary/aromatic N) is 2. The van der Waals surface area contributed by atoms with Crippen molar-refractivity contribution in [3.8, 4) is 17.1 Å². The lowest BCUT2D eigenvalue weighted by atomic mass is 10.2. The minimum absolute atomic E-state index is 0.222. The van der Waals surface area contributed by atoms with Crippen LogP contribution in [0.25, 0.3) is 22.3 Å². The minimum atomic E-state index is 0.222. The van der Waals surface area contributed by atoms with Gasteiger partial charge in [0.2, 0.25) is 0 Å². The molecule has 2 heterocycles. The maximum absolute atomic E-state index is 10.9. The zero-order chi connectivity index (χ0) is 12.7. The molecule has 1 aromatic carbocycles. The third-order valence-corrected chi connectivity index (χ3v) is 3.08. The number of benzene rings is 1. The van der Waals surface area contributed by atoms with Gasteiger partial charge in [0.05, 0.1) is 23.1 Å². The number of phenolic OH excluding ortho intramolecular Hbond substituents is 1. The van der Waals surface area contributed by atoms with Gasteiger partial charge >= 0.3 is 0 Å². The Hall–Kier alpha value is -2.56. The molecule has 0 unspecified atom stereocenters. The van der Waals surface area contributed by atoms with Gasteiger partial charge < -0.3 is 9.67 Å². The molecular formula is C13H11N3O2. The van der Waals surface area contributed by atoms with Crippen molar-refractivity contribution < 1.29 is 9.90 Å². The molecule has 0 amide bonds. The number of rotatable bonds is 2. The molecule has 18 heavy (non-hydrogen) atoms. The summed E-state index contributed by atoms with van der Waals surface area (Å²) >= 11 is 0. The lowest BCUT2D eigenvalue weighted by Crippen LogP contribution is -1.93. The molecule has 0 spiro atoms. The summed E-state index contributed by atoms with van der Waals surface area (Å²) in [5.41, 5.74) is 3.04. The Morgan fingerprint density at radius 3 is 3.00 bits per heavy atom. The van der Waals surface area contributed by atoms with E-state index in [4.69, 9.17) is 0 Å². The Morgan fingerprint density at radius 2 is 2.22 bits per heavy atom. The third-order valence-electron chi connectivity index (χ3n) is 3.08. The Morgan fingerprint density at radius 1 is 1.39 bits per heavy atom. The van der Waals surface area contributed by atoms with E-state index in [0.717, 1.165) is 22.9 Å². The predicted octanol–water partition coefficient (Wildman–Crippen LogP) is 2.09. The molecule has 2 N–H and O–H groups in total. The second kappa shape index (κ2) is 3.73. The summed E-state index contributed by atoms with van der Waals surface area (Å²) in [5.74, 6) is 0.222. The molecule has 0 atom stereocenters. The van der Waals surface area contributed by atoms with Crippen LogP contribution in [0, 0.1) is 0 Å². The summed E-state index contributed by atoms with van der Waals surface area (Å²) in [4.78, 5) is 10.9. The normalized spacial score (nSPS) is 10.9. The van der Waals surface area contributed by atoms with Gasteiger partial charge in [-0.2, -0.15) is 5.10 Å². The SMILES string of the molecule is Cn1c(-c2[nH]ncc2C=O)cc2cc(O)ccc21. The molecule has 0 bridgehead atoms. The van der Waals surface area contributed by atoms with Crippen molar-refractivity contribution in [1.82, 2.24) is 14.8 Å². The second-order valence-corrected chi connectivity index (χ2v) is 4.15. The molecular weight excluding hydrogens is 230 g/mol. The molecule has 0 fully saturated rings. The summed E-state index contributed by atoms with van der Waals surface area (Å²) in [7, 11) is 1.91. The molecule has 0 aliphatic heterocycles. The predicted molar refractivity (Wildman–Crippen MR) is 67.6 cm³/mol. The van der Waals surface area contributed by atoms with Crippen molar-refractivity contribution in [1.29, 1.82) is 0 Å². The van der Waals surface area contributed by atoms with Gasteiger partial charge in [-0.15, -0.1) is 0 Å². The molecule has 0 saturated heterocycles. The van der Waals surface area contributed by atoms with Crippen molar-refractivity contribution in [3.05, 3.63) is 36.0 Å². The maximum Gasteiger partial charge on any atom is 0.153 e. The number of carbonyl (C=O) groups excluding carboxylic acids is 1. The number of aromatic amines is 1. The smallest absolute Gasteiger partial charge is 0.153 e. The van der Waals surface area contributed by atoms with Gasteiger partial charge in [-0.05, 0) is 24.3 Å². The van der Waals surface area contributed by atoms with Gasteiger partial charge in [0.1, 0.15) is 5.75 Å². The largest absolute Gasteiger partial charge is 0.508 e. The zero-order valence-electron chi connectivity index (χ0n) is 9.71. The summed E-state index contributed by atoms with van der Waals surface area (Å²) in [6.45, 7) is 0. The lowest BCUT2D eigenvalue weighted by molar-refractivity contribution is 0.112. The fourth-order valence-corrected chi connectivity index (χ4v) is 2.17. The maximum atomic E-state index is 10.9. The molecule has 0 saturated carbocycles. The number of aldehydes is 1. The Kier molecular flexibility index (Phi) is 2.19. The van der Waals surface area contributed by atoms with E-state index in [9.17, 15) is 9.90 Å². The van der Waals surface area contributed by atoms with E-state index in [1.807, 2.05) is 23.7 Å². The van der Waals surface area contributed by atoms with Gasteiger partial charge in [-0.3, -0.25) is 9.89 Å². The van der Waals surface area contributed by atoms with Crippen LogP contribution in [0.3, 0.4) is 0 Å². The molecule has 0 aliphatic carbocycles. The van der Waals surface area contributed by atoms with Gasteiger partial charge in [-0.1, -0.05) is 0 Å². The van der Waals surface area contributed by atoms with Crippen molar-refractivity contribution in [2.24, 2.45) is 7.05 Å². The van der Waals surface area contributed by atoms with E-state index >= 15 is 0 Å². The lowest BCUT2D eigenvalue weighted by Gasteiger charge is -2.02. The zero-order valence-corrected chi connectivity index (χ0v) is 9.71. The van der Waals surface area contributed by atoms with Crippen LogP contribution in [-0.4, -0.2) is 26.2 Å². The van der Waals surface area contributed by atoms with Crippen molar-refractivity contribution >= 4 is 17.2 Å². The number of fused-ring (bicyclic) bond motifs is 1. The van der Waals surface area contributed by atoms with Gasteiger partial charge in [0.15, 0.2) is 6.29 Å². The minimum Gasteiger partial charge on any atom is -0.508 e. The molecule has 3 rings (SSSR count). The van der Waals surface area contributed by atoms with Crippen LogP contribution in [0.1, 0.15) is 10.4 Å². The fourth-order valence-electron chi connectivity index (χ4n) is 2.17. The highest BCUT2D eigenvalue weighted by molar-refractivity contribution is 5.91. The van der Waals surface area contributed by atoms with E-state index in [1.165, 1.54) is 6.20 Å². The number of phenols is 1. The first-order valence-corrected chi connectivity index (χ1v) is 5.48. The monoisotopic (exact) mass is 241 g/mol. The number of hydrogen-bond donors (Lipinski definition) is 2. The van der Waals surface area contributed by atoms with Crippen LogP contribution in [-0.2, 0) is 7.05 Å². The van der Waals surface area contributed by atoms with Gasteiger partial charge in [-0.25, -0.2) is 0 Å². The number of aromatic nitrogens is 3. The number of hydrogen-bond acceptors (Lipinski definition) is 3. The van der Waals surface area contributed by atoms with Crippen molar-refractivity contribution in [2.45, 2.75) is 0 Å². The molecule has 3 aromatic rings. The van der Waals surface area contributed by atoms with Crippen LogP contribution >= 0.6 is 0 Å². The summed E-state index contributed by atoms with van der Waals surface area (Å²) in [5, 5.41) is 17.1. The van der Waals surface area contributed by atoms with Crippen LogP contribution in [0.5, 0.6) is 5.75 Å². The summed E-state index contributed by atoms with van der Waals surface area (Å²) in [6, 6.07) is 7.08. The highest BCUT2D eigenvalue weighted by Crippen LogP contribution is 2.29. The Balaban J connectivity index is 2.30. The van der Waals surface area contributed by atoms with Crippen molar-refractivity contribution in [2.75, 3.05) is 0 Å². The quantitative estimate of drug-likeness (QED) is 0.675. The van der Waals surface area contributed by atoms with Gasteiger partial charge in [0, 0.05) is 18.0 Å². The molecule has 5 heteroatoms. The van der Waals surface area contributed by atoms with Crippen LogP contribution in [0.15, 0.2) is 30.5 Å². The number of nitrogens with one attached hydrogen (secondary N) is 1. The van der Waals surface area contributed by atoms with Crippen molar-refractivity contribution in [3.63, 3.8) is 0 Å². The number of H-pyrrole nitrogens is 1. The van der Waals surface area contributed by atoms with E-state index in [1.54, 1.807) is 12.1 Å². The molecule has 90 valence electrons. The first kappa shape index (κ1) is 10.6. The number of aryl methyl sites for hydroxylation is 1. The first-order valence-electron chi connectivity index (χ1n) is 5.48. The molecule has 5 nitrogen and oxygen atoms in total.